The van der Waals surface area contributed by atoms with Crippen LogP contribution in [-0.4, -0.2) is 63.2 Å². The molecular weight excluding hydrogens is 467 g/mol. The Labute approximate surface area is 186 Å². The fraction of sp³-hybridized carbons (Fsp3) is 0.619. The van der Waals surface area contributed by atoms with Crippen LogP contribution < -0.4 is 10.2 Å². The molecule has 7 heteroatoms. The zero-order chi connectivity index (χ0) is 19.6. The first-order valence-corrected chi connectivity index (χ1v) is 10.0. The number of likely N-dealkylation sites (tertiary alicyclic amines) is 1. The van der Waals surface area contributed by atoms with E-state index < -0.39 is 0 Å². The predicted octanol–water partition coefficient (Wildman–Crippen LogP) is 3.29. The maximum atomic E-state index is 11.7. The number of rotatable bonds is 7. The van der Waals surface area contributed by atoms with Gasteiger partial charge in [0, 0.05) is 38.4 Å². The molecule has 0 spiro atoms. The molecular formula is C21H35IN4O2. The summed E-state index contributed by atoms with van der Waals surface area (Å²) >= 11 is 0. The number of nitrogens with zero attached hydrogens (tertiary/aromatic N) is 3. The highest BCUT2D eigenvalue weighted by atomic mass is 127. The van der Waals surface area contributed by atoms with Gasteiger partial charge in [-0.2, -0.15) is 0 Å². The summed E-state index contributed by atoms with van der Waals surface area (Å²) in [6.07, 6.45) is 1.64. The van der Waals surface area contributed by atoms with Crippen LogP contribution in [0.3, 0.4) is 0 Å². The Kier molecular flexibility index (Phi) is 11.3. The van der Waals surface area contributed by atoms with Crippen LogP contribution in [0.15, 0.2) is 29.3 Å². The lowest BCUT2D eigenvalue weighted by Crippen LogP contribution is -2.47. The summed E-state index contributed by atoms with van der Waals surface area (Å²) in [6.45, 7) is 11.5. The zero-order valence-electron chi connectivity index (χ0n) is 17.6. The number of benzene rings is 1. The molecule has 1 heterocycles. The number of halogens is 1. The van der Waals surface area contributed by atoms with Crippen molar-refractivity contribution in [2.24, 2.45) is 10.9 Å². The lowest BCUT2D eigenvalue weighted by Gasteiger charge is -2.33. The Morgan fingerprint density at radius 1 is 1.32 bits per heavy atom. The molecule has 0 atom stereocenters. The van der Waals surface area contributed by atoms with Crippen molar-refractivity contribution in [2.45, 2.75) is 33.6 Å². The van der Waals surface area contributed by atoms with Crippen molar-refractivity contribution in [3.05, 3.63) is 29.8 Å². The van der Waals surface area contributed by atoms with Crippen molar-refractivity contribution in [2.75, 3.05) is 51.3 Å². The summed E-state index contributed by atoms with van der Waals surface area (Å²) in [5.41, 5.74) is 2.52. The third-order valence-electron chi connectivity index (χ3n) is 5.04. The number of aliphatic imine (C=N–C) groups is 1. The molecule has 0 unspecified atom stereocenters. The molecule has 1 aromatic carbocycles. The molecule has 1 N–H and O–H groups in total. The van der Waals surface area contributed by atoms with Gasteiger partial charge >= 0.3 is 5.97 Å². The van der Waals surface area contributed by atoms with E-state index in [0.29, 0.717) is 0 Å². The third kappa shape index (κ3) is 7.14. The van der Waals surface area contributed by atoms with Crippen molar-refractivity contribution in [3.8, 4) is 0 Å². The maximum absolute atomic E-state index is 11.7. The zero-order valence-corrected chi connectivity index (χ0v) is 19.9. The van der Waals surface area contributed by atoms with Crippen LogP contribution in [0.1, 0.15) is 32.3 Å². The minimum atomic E-state index is -0.0895. The number of carbonyl (C=O) groups excluding carboxylic acids is 1. The van der Waals surface area contributed by atoms with Crippen LogP contribution in [0, 0.1) is 12.8 Å². The van der Waals surface area contributed by atoms with Gasteiger partial charge in [-0.15, -0.1) is 24.0 Å². The van der Waals surface area contributed by atoms with Crippen LogP contribution in [0.4, 0.5) is 5.69 Å². The number of methoxy groups -OCH3 is 1. The highest BCUT2D eigenvalue weighted by Gasteiger charge is 2.26. The summed E-state index contributed by atoms with van der Waals surface area (Å²) < 4.78 is 4.88. The topological polar surface area (TPSA) is 57.2 Å². The summed E-state index contributed by atoms with van der Waals surface area (Å²) in [5, 5.41) is 3.39. The molecule has 1 aromatic rings. The molecule has 0 aromatic heterocycles. The maximum Gasteiger partial charge on any atom is 0.308 e. The monoisotopic (exact) mass is 502 g/mol. The van der Waals surface area contributed by atoms with Gasteiger partial charge in [0.25, 0.3) is 0 Å². The molecule has 158 valence electrons. The molecule has 1 aliphatic heterocycles. The molecule has 0 amide bonds. The van der Waals surface area contributed by atoms with Crippen LogP contribution >= 0.6 is 24.0 Å². The first-order valence-electron chi connectivity index (χ1n) is 10.0. The van der Waals surface area contributed by atoms with Crippen molar-refractivity contribution in [1.82, 2.24) is 10.2 Å². The molecule has 0 radical (unpaired) electrons. The Morgan fingerprint density at radius 2 is 2.04 bits per heavy atom. The van der Waals surface area contributed by atoms with Gasteiger partial charge in [0.1, 0.15) is 0 Å². The smallest absolute Gasteiger partial charge is 0.308 e. The second-order valence-corrected chi connectivity index (χ2v) is 6.94. The molecule has 28 heavy (non-hydrogen) atoms. The second kappa shape index (κ2) is 12.9. The second-order valence-electron chi connectivity index (χ2n) is 6.94. The number of nitrogens with one attached hydrogen (secondary N) is 1. The van der Waals surface area contributed by atoms with Gasteiger partial charge in [-0.25, -0.2) is 0 Å². The van der Waals surface area contributed by atoms with E-state index in [1.807, 2.05) is 0 Å². The van der Waals surface area contributed by atoms with Crippen LogP contribution in [0.2, 0.25) is 0 Å². The standard InChI is InChI=1S/C21H34N4O2.HI/c1-5-22-21(25-13-10-18(11-14-25)20(26)27-4)23-12-15-24(6-2)19-9-7-8-17(3)16-19;/h7-9,16,18H,5-6,10-15H2,1-4H3,(H,22,23);1H. The van der Waals surface area contributed by atoms with Gasteiger partial charge < -0.3 is 19.9 Å². The molecule has 6 nitrogen and oxygen atoms in total. The van der Waals surface area contributed by atoms with Gasteiger partial charge in [-0.1, -0.05) is 12.1 Å². The van der Waals surface area contributed by atoms with E-state index in [0.717, 1.165) is 58.1 Å². The number of anilines is 1. The van der Waals surface area contributed by atoms with E-state index in [9.17, 15) is 4.79 Å². The Morgan fingerprint density at radius 3 is 2.61 bits per heavy atom. The molecule has 1 fully saturated rings. The predicted molar refractivity (Wildman–Crippen MR) is 127 cm³/mol. The number of likely N-dealkylation sites (N-methyl/N-ethyl adjacent to an activating group) is 1. The number of aryl methyl sites for hydroxylation is 1. The lowest BCUT2D eigenvalue weighted by molar-refractivity contribution is -0.146. The van der Waals surface area contributed by atoms with E-state index in [1.54, 1.807) is 0 Å². The molecule has 1 saturated heterocycles. The summed E-state index contributed by atoms with van der Waals surface area (Å²) in [5.74, 6) is 0.875. The van der Waals surface area contributed by atoms with E-state index in [-0.39, 0.29) is 35.9 Å². The average Bonchev–Trinajstić information content (AvgIpc) is 2.70. The van der Waals surface area contributed by atoms with Gasteiger partial charge in [0.15, 0.2) is 5.96 Å². The number of hydrogen-bond acceptors (Lipinski definition) is 4. The molecule has 0 aliphatic carbocycles. The van der Waals surface area contributed by atoms with Gasteiger partial charge in [-0.05, 0) is 51.3 Å². The SMILES string of the molecule is CCNC(=NCCN(CC)c1cccc(C)c1)N1CCC(C(=O)OC)CC1.I. The lowest BCUT2D eigenvalue weighted by atomic mass is 9.97. The number of carbonyl (C=O) groups is 1. The number of guanidine groups is 1. The quantitative estimate of drug-likeness (QED) is 0.269. The fourth-order valence-electron chi connectivity index (χ4n) is 3.49. The number of piperidine rings is 1. The highest BCUT2D eigenvalue weighted by Crippen LogP contribution is 2.19. The highest BCUT2D eigenvalue weighted by molar-refractivity contribution is 14.0. The molecule has 2 rings (SSSR count). The Hall–Kier alpha value is -1.51. The third-order valence-corrected chi connectivity index (χ3v) is 5.04. The summed E-state index contributed by atoms with van der Waals surface area (Å²) in [4.78, 5) is 21.2. The van der Waals surface area contributed by atoms with Crippen LogP contribution in [-0.2, 0) is 9.53 Å². The fourth-order valence-corrected chi connectivity index (χ4v) is 3.49. The number of ether oxygens (including phenoxy) is 1. The number of hydrogen-bond donors (Lipinski definition) is 1. The van der Waals surface area contributed by atoms with E-state index in [1.165, 1.54) is 18.4 Å². The average molecular weight is 502 g/mol. The van der Waals surface area contributed by atoms with Crippen molar-refractivity contribution >= 4 is 41.6 Å². The van der Waals surface area contributed by atoms with E-state index in [2.05, 4.69) is 60.2 Å². The summed E-state index contributed by atoms with van der Waals surface area (Å²) in [7, 11) is 1.47. The molecule has 0 saturated carbocycles. The largest absolute Gasteiger partial charge is 0.469 e. The Bertz CT molecular complexity index is 631. The number of esters is 1. The van der Waals surface area contributed by atoms with E-state index >= 15 is 0 Å². The Balaban J connectivity index is 0.00000392. The minimum absolute atomic E-state index is 0. The van der Waals surface area contributed by atoms with Crippen molar-refractivity contribution in [3.63, 3.8) is 0 Å². The normalized spacial score (nSPS) is 15.0. The van der Waals surface area contributed by atoms with Crippen molar-refractivity contribution < 1.29 is 9.53 Å². The van der Waals surface area contributed by atoms with Crippen LogP contribution in [0.5, 0.6) is 0 Å². The molecule has 0 bridgehead atoms. The van der Waals surface area contributed by atoms with Gasteiger partial charge in [0.2, 0.25) is 0 Å². The van der Waals surface area contributed by atoms with Crippen molar-refractivity contribution in [1.29, 1.82) is 0 Å². The van der Waals surface area contributed by atoms with Crippen LogP contribution in [0.25, 0.3) is 0 Å². The summed E-state index contributed by atoms with van der Waals surface area (Å²) in [6, 6.07) is 8.60. The van der Waals surface area contributed by atoms with Gasteiger partial charge in [0.05, 0.1) is 19.6 Å². The first kappa shape index (κ1) is 24.5. The van der Waals surface area contributed by atoms with E-state index in [4.69, 9.17) is 9.73 Å². The van der Waals surface area contributed by atoms with Gasteiger partial charge in [-0.3, -0.25) is 9.79 Å². The minimum Gasteiger partial charge on any atom is -0.469 e. The molecule has 1 aliphatic rings. The first-order chi connectivity index (χ1) is 13.1.